The van der Waals surface area contributed by atoms with Gasteiger partial charge in [0, 0.05) is 18.1 Å². The summed E-state index contributed by atoms with van der Waals surface area (Å²) in [5, 5.41) is 0. The lowest BCUT2D eigenvalue weighted by Crippen LogP contribution is -2.13. The number of esters is 1. The summed E-state index contributed by atoms with van der Waals surface area (Å²) >= 11 is 0. The summed E-state index contributed by atoms with van der Waals surface area (Å²) in [7, 11) is 1.40. The summed E-state index contributed by atoms with van der Waals surface area (Å²) in [5.74, 6) is -0.524. The molecule has 1 atom stereocenters. The van der Waals surface area contributed by atoms with Gasteiger partial charge in [-0.15, -0.1) is 0 Å². The molecule has 0 saturated carbocycles. The maximum Gasteiger partial charge on any atom is 0.314 e. The molecule has 0 bridgehead atoms. The monoisotopic (exact) mass is 204 g/mol. The van der Waals surface area contributed by atoms with Crippen LogP contribution in [0.25, 0.3) is 5.65 Å². The highest BCUT2D eigenvalue weighted by Crippen LogP contribution is 2.17. The van der Waals surface area contributed by atoms with Crippen LogP contribution in [0.5, 0.6) is 0 Å². The molecule has 0 amide bonds. The molecular weight excluding hydrogens is 192 g/mol. The van der Waals surface area contributed by atoms with Gasteiger partial charge in [0.25, 0.3) is 0 Å². The summed E-state index contributed by atoms with van der Waals surface area (Å²) in [4.78, 5) is 15.6. The van der Waals surface area contributed by atoms with E-state index in [4.69, 9.17) is 4.74 Å². The third kappa shape index (κ3) is 1.58. The number of carbonyl (C=O) groups excluding carboxylic acids is 1. The minimum absolute atomic E-state index is 0.240. The summed E-state index contributed by atoms with van der Waals surface area (Å²) in [6, 6.07) is 5.68. The highest BCUT2D eigenvalue weighted by Gasteiger charge is 2.17. The van der Waals surface area contributed by atoms with E-state index >= 15 is 0 Å². The van der Waals surface area contributed by atoms with Crippen molar-refractivity contribution in [2.75, 3.05) is 7.11 Å². The number of nitrogens with zero attached hydrogens (tertiary/aromatic N) is 2. The smallest absolute Gasteiger partial charge is 0.314 e. The van der Waals surface area contributed by atoms with Gasteiger partial charge < -0.3 is 9.14 Å². The Bertz CT molecular complexity index is 490. The van der Waals surface area contributed by atoms with Gasteiger partial charge in [0.05, 0.1) is 13.0 Å². The molecule has 0 fully saturated rings. The molecule has 15 heavy (non-hydrogen) atoms. The van der Waals surface area contributed by atoms with Crippen molar-refractivity contribution in [2.24, 2.45) is 0 Å². The molecule has 4 heteroatoms. The normalized spacial score (nSPS) is 12.7. The fourth-order valence-corrected chi connectivity index (χ4v) is 1.62. The van der Waals surface area contributed by atoms with E-state index < -0.39 is 0 Å². The SMILES string of the molecule is COC(=O)C(C)c1cccc2nccn12. The Morgan fingerprint density at radius 2 is 2.33 bits per heavy atom. The van der Waals surface area contributed by atoms with E-state index in [0.29, 0.717) is 0 Å². The number of methoxy groups -OCH3 is 1. The van der Waals surface area contributed by atoms with E-state index in [2.05, 4.69) is 4.98 Å². The molecule has 78 valence electrons. The Morgan fingerprint density at radius 3 is 3.07 bits per heavy atom. The van der Waals surface area contributed by atoms with Crippen molar-refractivity contribution in [2.45, 2.75) is 12.8 Å². The van der Waals surface area contributed by atoms with E-state index in [-0.39, 0.29) is 11.9 Å². The van der Waals surface area contributed by atoms with E-state index in [1.807, 2.05) is 35.7 Å². The van der Waals surface area contributed by atoms with Gasteiger partial charge in [0.1, 0.15) is 5.65 Å². The number of pyridine rings is 1. The van der Waals surface area contributed by atoms with Crippen molar-refractivity contribution in [3.63, 3.8) is 0 Å². The molecule has 1 unspecified atom stereocenters. The number of carbonyl (C=O) groups is 1. The largest absolute Gasteiger partial charge is 0.469 e. The van der Waals surface area contributed by atoms with Crippen LogP contribution in [0.1, 0.15) is 18.5 Å². The van der Waals surface area contributed by atoms with E-state index in [9.17, 15) is 4.79 Å². The first-order valence-electron chi connectivity index (χ1n) is 4.74. The van der Waals surface area contributed by atoms with Crippen LogP contribution in [0.4, 0.5) is 0 Å². The summed E-state index contributed by atoms with van der Waals surface area (Å²) < 4.78 is 6.61. The second kappa shape index (κ2) is 3.73. The van der Waals surface area contributed by atoms with Crippen LogP contribution in [-0.4, -0.2) is 22.5 Å². The standard InChI is InChI=1S/C11H12N2O2/c1-8(11(14)15-2)9-4-3-5-10-12-6-7-13(9)10/h3-8H,1-2H3. The molecule has 0 aliphatic carbocycles. The maximum absolute atomic E-state index is 11.4. The minimum atomic E-state index is -0.284. The average molecular weight is 204 g/mol. The van der Waals surface area contributed by atoms with E-state index in [0.717, 1.165) is 11.3 Å². The number of imidazole rings is 1. The van der Waals surface area contributed by atoms with E-state index in [1.54, 1.807) is 6.20 Å². The Hall–Kier alpha value is -1.84. The number of rotatable bonds is 2. The average Bonchev–Trinajstić information content (AvgIpc) is 2.74. The molecule has 0 N–H and O–H groups in total. The Kier molecular flexibility index (Phi) is 2.41. The molecule has 0 spiro atoms. The molecule has 0 aliphatic heterocycles. The molecule has 2 aromatic rings. The summed E-state index contributed by atoms with van der Waals surface area (Å²) in [6.45, 7) is 1.82. The first-order valence-corrected chi connectivity index (χ1v) is 4.74. The molecule has 2 rings (SSSR count). The first-order chi connectivity index (χ1) is 7.24. The number of fused-ring (bicyclic) bond motifs is 1. The zero-order valence-corrected chi connectivity index (χ0v) is 8.68. The molecule has 0 saturated heterocycles. The van der Waals surface area contributed by atoms with Crippen LogP contribution in [0, 0.1) is 0 Å². The van der Waals surface area contributed by atoms with Crippen molar-refractivity contribution >= 4 is 11.6 Å². The topological polar surface area (TPSA) is 43.6 Å². The summed E-state index contributed by atoms with van der Waals surface area (Å²) in [6.07, 6.45) is 3.55. The summed E-state index contributed by atoms with van der Waals surface area (Å²) in [5.41, 5.74) is 1.72. The highest BCUT2D eigenvalue weighted by atomic mass is 16.5. The number of aromatic nitrogens is 2. The predicted octanol–water partition coefficient (Wildman–Crippen LogP) is 1.61. The fraction of sp³-hybridized carbons (Fsp3) is 0.273. The van der Waals surface area contributed by atoms with Gasteiger partial charge in [-0.3, -0.25) is 4.79 Å². The molecule has 2 heterocycles. The van der Waals surface area contributed by atoms with Gasteiger partial charge in [0.15, 0.2) is 0 Å². The Labute approximate surface area is 87.5 Å². The lowest BCUT2D eigenvalue weighted by atomic mass is 10.1. The second-order valence-electron chi connectivity index (χ2n) is 3.35. The van der Waals surface area contributed by atoms with Crippen molar-refractivity contribution in [1.29, 1.82) is 0 Å². The van der Waals surface area contributed by atoms with E-state index in [1.165, 1.54) is 7.11 Å². The van der Waals surface area contributed by atoms with Gasteiger partial charge in [-0.25, -0.2) is 4.98 Å². The van der Waals surface area contributed by atoms with Crippen LogP contribution in [-0.2, 0) is 9.53 Å². The zero-order valence-electron chi connectivity index (χ0n) is 8.68. The predicted molar refractivity (Wildman–Crippen MR) is 55.6 cm³/mol. The number of hydrogen-bond donors (Lipinski definition) is 0. The van der Waals surface area contributed by atoms with Gasteiger partial charge >= 0.3 is 5.97 Å². The van der Waals surface area contributed by atoms with Crippen molar-refractivity contribution in [1.82, 2.24) is 9.38 Å². The lowest BCUT2D eigenvalue weighted by Gasteiger charge is -2.11. The molecule has 2 aromatic heterocycles. The highest BCUT2D eigenvalue weighted by molar-refractivity contribution is 5.77. The fourth-order valence-electron chi connectivity index (χ4n) is 1.62. The molecule has 0 aliphatic rings. The van der Waals surface area contributed by atoms with Crippen molar-refractivity contribution in [3.05, 3.63) is 36.3 Å². The van der Waals surface area contributed by atoms with Crippen LogP contribution in [0.3, 0.4) is 0 Å². The van der Waals surface area contributed by atoms with Gasteiger partial charge in [-0.2, -0.15) is 0 Å². The zero-order chi connectivity index (χ0) is 10.8. The van der Waals surface area contributed by atoms with Crippen LogP contribution >= 0.6 is 0 Å². The van der Waals surface area contributed by atoms with Crippen LogP contribution < -0.4 is 0 Å². The number of ether oxygens (including phenoxy) is 1. The minimum Gasteiger partial charge on any atom is -0.469 e. The maximum atomic E-state index is 11.4. The van der Waals surface area contributed by atoms with Crippen molar-refractivity contribution < 1.29 is 9.53 Å². The van der Waals surface area contributed by atoms with Crippen molar-refractivity contribution in [3.8, 4) is 0 Å². The molecular formula is C11H12N2O2. The third-order valence-corrected chi connectivity index (χ3v) is 2.46. The Morgan fingerprint density at radius 1 is 1.53 bits per heavy atom. The molecule has 0 aromatic carbocycles. The third-order valence-electron chi connectivity index (χ3n) is 2.46. The molecule has 4 nitrogen and oxygen atoms in total. The first kappa shape index (κ1) is 9.71. The number of hydrogen-bond acceptors (Lipinski definition) is 3. The van der Waals surface area contributed by atoms with Crippen LogP contribution in [0.15, 0.2) is 30.6 Å². The lowest BCUT2D eigenvalue weighted by molar-refractivity contribution is -0.142. The van der Waals surface area contributed by atoms with Gasteiger partial charge in [-0.1, -0.05) is 6.07 Å². The quantitative estimate of drug-likeness (QED) is 0.698. The molecule has 0 radical (unpaired) electrons. The van der Waals surface area contributed by atoms with Crippen LogP contribution in [0.2, 0.25) is 0 Å². The van der Waals surface area contributed by atoms with Gasteiger partial charge in [-0.05, 0) is 19.1 Å². The van der Waals surface area contributed by atoms with Gasteiger partial charge in [0.2, 0.25) is 0 Å². The Balaban J connectivity index is 2.51. The second-order valence-corrected chi connectivity index (χ2v) is 3.35.